The van der Waals surface area contributed by atoms with Crippen molar-refractivity contribution < 1.29 is 19.4 Å². The maximum atomic E-state index is 12.1. The van der Waals surface area contributed by atoms with Gasteiger partial charge in [0, 0.05) is 30.5 Å². The van der Waals surface area contributed by atoms with Crippen molar-refractivity contribution in [3.63, 3.8) is 0 Å². The first kappa shape index (κ1) is 17.3. The number of anilines is 1. The fraction of sp³-hybridized carbons (Fsp3) is 0.429. The molecule has 1 aromatic rings. The molecular weight excluding hydrogens is 296 g/mol. The maximum Gasteiger partial charge on any atom is 0.323 e. The highest BCUT2D eigenvalue weighted by atomic mass is 35.5. The van der Waals surface area contributed by atoms with Crippen molar-refractivity contribution in [2.75, 3.05) is 31.2 Å². The molecule has 0 aromatic heterocycles. The number of carbonyl (C=O) groups is 2. The molecule has 2 N–H and O–H groups in total. The third-order valence-electron chi connectivity index (χ3n) is 2.62. The molecule has 21 heavy (non-hydrogen) atoms. The van der Waals surface area contributed by atoms with Crippen molar-refractivity contribution in [1.29, 1.82) is 0 Å². The number of carbonyl (C=O) groups excluding carboxylic acids is 1. The van der Waals surface area contributed by atoms with Crippen molar-refractivity contribution in [3.8, 4) is 0 Å². The number of halogens is 1. The van der Waals surface area contributed by atoms with Crippen LogP contribution in [0.25, 0.3) is 0 Å². The summed E-state index contributed by atoms with van der Waals surface area (Å²) in [6.45, 7) is 3.08. The van der Waals surface area contributed by atoms with Gasteiger partial charge in [-0.2, -0.15) is 0 Å². The van der Waals surface area contributed by atoms with Crippen molar-refractivity contribution >= 4 is 29.3 Å². The van der Waals surface area contributed by atoms with E-state index in [0.29, 0.717) is 36.9 Å². The van der Waals surface area contributed by atoms with Crippen LogP contribution in [0.15, 0.2) is 24.3 Å². The Balaban J connectivity index is 2.62. The Bertz CT molecular complexity index is 465. The monoisotopic (exact) mass is 314 g/mol. The summed E-state index contributed by atoms with van der Waals surface area (Å²) in [5.41, 5.74) is 0.476. The predicted molar refractivity (Wildman–Crippen MR) is 80.9 cm³/mol. The highest BCUT2D eigenvalue weighted by molar-refractivity contribution is 6.30. The third kappa shape index (κ3) is 6.46. The largest absolute Gasteiger partial charge is 0.480 e. The summed E-state index contributed by atoms with van der Waals surface area (Å²) in [7, 11) is 0. The first-order valence-corrected chi connectivity index (χ1v) is 7.03. The molecule has 0 bridgehead atoms. The molecule has 7 heteroatoms. The minimum atomic E-state index is -1.09. The summed E-state index contributed by atoms with van der Waals surface area (Å²) in [6, 6.07) is 5.95. The fourth-order valence-electron chi connectivity index (χ4n) is 1.65. The van der Waals surface area contributed by atoms with E-state index in [9.17, 15) is 9.59 Å². The van der Waals surface area contributed by atoms with Gasteiger partial charge in [0.2, 0.25) is 0 Å². The number of hydrogen-bond acceptors (Lipinski definition) is 3. The van der Waals surface area contributed by atoms with Gasteiger partial charge in [-0.15, -0.1) is 0 Å². The Kier molecular flexibility index (Phi) is 7.56. The molecule has 0 aliphatic rings. The minimum Gasteiger partial charge on any atom is -0.480 e. The van der Waals surface area contributed by atoms with Gasteiger partial charge in [-0.3, -0.25) is 9.69 Å². The Hall–Kier alpha value is -1.79. The second-order valence-electron chi connectivity index (χ2n) is 4.24. The molecule has 1 rings (SSSR count). The quantitative estimate of drug-likeness (QED) is 0.722. The van der Waals surface area contributed by atoms with Gasteiger partial charge in [0.25, 0.3) is 0 Å². The van der Waals surface area contributed by atoms with Crippen LogP contribution in [0.4, 0.5) is 10.5 Å². The SMILES string of the molecule is CCOCCCNC(=O)N(CC(=O)O)c1ccc(Cl)cc1. The zero-order valence-corrected chi connectivity index (χ0v) is 12.6. The molecule has 1 aromatic carbocycles. The Morgan fingerprint density at radius 3 is 2.57 bits per heavy atom. The highest BCUT2D eigenvalue weighted by Gasteiger charge is 2.18. The summed E-state index contributed by atoms with van der Waals surface area (Å²) >= 11 is 5.78. The smallest absolute Gasteiger partial charge is 0.323 e. The van der Waals surface area contributed by atoms with Gasteiger partial charge in [-0.1, -0.05) is 11.6 Å². The number of hydrogen-bond donors (Lipinski definition) is 2. The summed E-state index contributed by atoms with van der Waals surface area (Å²) in [5, 5.41) is 12.1. The Morgan fingerprint density at radius 2 is 2.00 bits per heavy atom. The molecule has 0 heterocycles. The van der Waals surface area contributed by atoms with Crippen LogP contribution < -0.4 is 10.2 Å². The Labute approximate surface area is 128 Å². The standard InChI is InChI=1S/C14H19ClN2O4/c1-2-21-9-3-8-16-14(20)17(10-13(18)19)12-6-4-11(15)5-7-12/h4-7H,2-3,8-10H2,1H3,(H,16,20)(H,18,19). The van der Waals surface area contributed by atoms with Crippen LogP contribution >= 0.6 is 11.6 Å². The second-order valence-corrected chi connectivity index (χ2v) is 4.68. The number of nitrogens with one attached hydrogen (secondary N) is 1. The number of carboxylic acids is 1. The number of rotatable bonds is 8. The lowest BCUT2D eigenvalue weighted by Crippen LogP contribution is -2.43. The topological polar surface area (TPSA) is 78.9 Å². The van der Waals surface area contributed by atoms with E-state index < -0.39 is 18.5 Å². The van der Waals surface area contributed by atoms with Gasteiger partial charge in [-0.25, -0.2) is 4.79 Å². The van der Waals surface area contributed by atoms with E-state index in [1.165, 1.54) is 0 Å². The minimum absolute atomic E-state index is 0.418. The number of benzene rings is 1. The number of ether oxygens (including phenoxy) is 1. The van der Waals surface area contributed by atoms with Gasteiger partial charge >= 0.3 is 12.0 Å². The number of carboxylic acid groups (broad SMARTS) is 1. The molecule has 0 fully saturated rings. The molecule has 0 saturated carbocycles. The van der Waals surface area contributed by atoms with E-state index in [1.54, 1.807) is 24.3 Å². The molecular formula is C14H19ClN2O4. The van der Waals surface area contributed by atoms with Crippen LogP contribution in [-0.2, 0) is 9.53 Å². The van der Waals surface area contributed by atoms with Crippen LogP contribution in [0.2, 0.25) is 5.02 Å². The van der Waals surface area contributed by atoms with Crippen LogP contribution in [0, 0.1) is 0 Å². The van der Waals surface area contributed by atoms with E-state index in [0.717, 1.165) is 4.90 Å². The average Bonchev–Trinajstić information content (AvgIpc) is 2.45. The van der Waals surface area contributed by atoms with Crippen molar-refractivity contribution in [3.05, 3.63) is 29.3 Å². The highest BCUT2D eigenvalue weighted by Crippen LogP contribution is 2.18. The number of amides is 2. The summed E-state index contributed by atoms with van der Waals surface area (Å²) in [4.78, 5) is 24.1. The van der Waals surface area contributed by atoms with Gasteiger partial charge in [0.15, 0.2) is 0 Å². The molecule has 2 amide bonds. The summed E-state index contributed by atoms with van der Waals surface area (Å²) < 4.78 is 5.16. The first-order chi connectivity index (χ1) is 10.0. The number of urea groups is 1. The lowest BCUT2D eigenvalue weighted by atomic mass is 10.3. The van der Waals surface area contributed by atoms with Gasteiger partial charge in [0.1, 0.15) is 6.54 Å². The first-order valence-electron chi connectivity index (χ1n) is 6.65. The maximum absolute atomic E-state index is 12.1. The third-order valence-corrected chi connectivity index (χ3v) is 2.87. The zero-order chi connectivity index (χ0) is 15.7. The normalized spacial score (nSPS) is 10.2. The van der Waals surface area contributed by atoms with Crippen LogP contribution in [0.3, 0.4) is 0 Å². The predicted octanol–water partition coefficient (Wildman–Crippen LogP) is 2.37. The lowest BCUT2D eigenvalue weighted by Gasteiger charge is -2.21. The fourth-order valence-corrected chi connectivity index (χ4v) is 1.77. The average molecular weight is 315 g/mol. The Morgan fingerprint density at radius 1 is 1.33 bits per heavy atom. The molecule has 6 nitrogen and oxygen atoms in total. The zero-order valence-electron chi connectivity index (χ0n) is 11.8. The van der Waals surface area contributed by atoms with Crippen molar-refractivity contribution in [1.82, 2.24) is 5.32 Å². The second kappa shape index (κ2) is 9.20. The van der Waals surface area contributed by atoms with E-state index in [-0.39, 0.29) is 0 Å². The van der Waals surface area contributed by atoms with Crippen molar-refractivity contribution in [2.45, 2.75) is 13.3 Å². The summed E-state index contributed by atoms with van der Waals surface area (Å²) in [5.74, 6) is -1.09. The molecule has 0 saturated heterocycles. The van der Waals surface area contributed by atoms with Crippen LogP contribution in [0.5, 0.6) is 0 Å². The summed E-state index contributed by atoms with van der Waals surface area (Å²) in [6.07, 6.45) is 0.668. The van der Waals surface area contributed by atoms with Crippen LogP contribution in [-0.4, -0.2) is 43.4 Å². The molecule has 116 valence electrons. The molecule has 0 atom stereocenters. The molecule has 0 spiro atoms. The van der Waals surface area contributed by atoms with E-state index in [2.05, 4.69) is 5.32 Å². The van der Waals surface area contributed by atoms with Gasteiger partial charge in [0.05, 0.1) is 0 Å². The van der Waals surface area contributed by atoms with Crippen molar-refractivity contribution in [2.24, 2.45) is 0 Å². The number of nitrogens with zero attached hydrogens (tertiary/aromatic N) is 1. The lowest BCUT2D eigenvalue weighted by molar-refractivity contribution is -0.135. The van der Waals surface area contributed by atoms with Gasteiger partial charge < -0.3 is 15.2 Å². The molecule has 0 aliphatic carbocycles. The molecule has 0 unspecified atom stereocenters. The van der Waals surface area contributed by atoms with E-state index >= 15 is 0 Å². The molecule has 0 aliphatic heterocycles. The van der Waals surface area contributed by atoms with Gasteiger partial charge in [-0.05, 0) is 37.6 Å². The van der Waals surface area contributed by atoms with E-state index in [4.69, 9.17) is 21.4 Å². The molecule has 0 radical (unpaired) electrons. The van der Waals surface area contributed by atoms with Crippen LogP contribution in [0.1, 0.15) is 13.3 Å². The number of aliphatic carboxylic acids is 1. The van der Waals surface area contributed by atoms with E-state index in [1.807, 2.05) is 6.92 Å².